The van der Waals surface area contributed by atoms with Gasteiger partial charge in [-0.25, -0.2) is 4.39 Å². The average Bonchev–Trinajstić information content (AvgIpc) is 2.33. The monoisotopic (exact) mass is 335 g/mol. The zero-order chi connectivity index (χ0) is 13.5. The third-order valence-electron chi connectivity index (χ3n) is 2.15. The van der Waals surface area contributed by atoms with Crippen molar-refractivity contribution >= 4 is 33.7 Å². The number of nitrogens with two attached hydrogens (primary N) is 1. The van der Waals surface area contributed by atoms with Crippen molar-refractivity contribution in [3.63, 3.8) is 0 Å². The molecule has 0 aliphatic rings. The van der Waals surface area contributed by atoms with Crippen molar-refractivity contribution < 1.29 is 13.9 Å². The molecule has 1 unspecified atom stereocenters. The van der Waals surface area contributed by atoms with E-state index in [4.69, 9.17) is 10.5 Å². The number of rotatable bonds is 6. The maximum atomic E-state index is 13.0. The van der Waals surface area contributed by atoms with Gasteiger partial charge in [-0.3, -0.25) is 4.79 Å². The van der Waals surface area contributed by atoms with Crippen LogP contribution in [0.2, 0.25) is 0 Å². The minimum absolute atomic E-state index is 0.275. The van der Waals surface area contributed by atoms with Crippen molar-refractivity contribution in [3.05, 3.63) is 34.1 Å². The summed E-state index contributed by atoms with van der Waals surface area (Å²) in [5.41, 5.74) is 6.50. The first-order valence-corrected chi connectivity index (χ1v) is 7.43. The van der Waals surface area contributed by atoms with E-state index < -0.39 is 12.0 Å². The summed E-state index contributed by atoms with van der Waals surface area (Å²) in [4.78, 5) is 11.3. The van der Waals surface area contributed by atoms with E-state index in [9.17, 15) is 9.18 Å². The first-order valence-electron chi connectivity index (χ1n) is 5.48. The number of ether oxygens (including phenoxy) is 1. The van der Waals surface area contributed by atoms with Gasteiger partial charge in [0.1, 0.15) is 11.9 Å². The van der Waals surface area contributed by atoms with Gasteiger partial charge in [0.15, 0.2) is 0 Å². The van der Waals surface area contributed by atoms with Crippen LogP contribution < -0.4 is 5.73 Å². The number of halogens is 2. The smallest absolute Gasteiger partial charge is 0.323 e. The van der Waals surface area contributed by atoms with E-state index in [2.05, 4.69) is 15.9 Å². The van der Waals surface area contributed by atoms with Crippen molar-refractivity contribution in [1.29, 1.82) is 0 Å². The first kappa shape index (κ1) is 15.5. The van der Waals surface area contributed by atoms with Gasteiger partial charge in [-0.1, -0.05) is 15.9 Å². The van der Waals surface area contributed by atoms with E-state index in [-0.39, 0.29) is 5.82 Å². The summed E-state index contributed by atoms with van der Waals surface area (Å²) in [6.45, 7) is 2.06. The van der Waals surface area contributed by atoms with Gasteiger partial charge >= 0.3 is 5.97 Å². The number of carbonyl (C=O) groups excluding carboxylic acids is 1. The van der Waals surface area contributed by atoms with Crippen LogP contribution in [-0.4, -0.2) is 24.4 Å². The lowest BCUT2D eigenvalue weighted by Gasteiger charge is -2.10. The van der Waals surface area contributed by atoms with Gasteiger partial charge in [0.05, 0.1) is 6.61 Å². The van der Waals surface area contributed by atoms with Crippen LogP contribution in [0.25, 0.3) is 0 Å². The molecule has 0 aromatic heterocycles. The zero-order valence-electron chi connectivity index (χ0n) is 9.99. The first-order chi connectivity index (χ1) is 8.54. The van der Waals surface area contributed by atoms with E-state index in [0.29, 0.717) is 18.1 Å². The predicted molar refractivity (Wildman–Crippen MR) is 74.9 cm³/mol. The van der Waals surface area contributed by atoms with E-state index in [1.54, 1.807) is 13.0 Å². The van der Waals surface area contributed by atoms with Crippen molar-refractivity contribution in [2.45, 2.75) is 18.7 Å². The molecule has 0 amide bonds. The van der Waals surface area contributed by atoms with Crippen molar-refractivity contribution in [2.24, 2.45) is 5.73 Å². The molecule has 0 fully saturated rings. The molecule has 18 heavy (non-hydrogen) atoms. The molecule has 0 radical (unpaired) electrons. The maximum Gasteiger partial charge on any atom is 0.323 e. The summed E-state index contributed by atoms with van der Waals surface area (Å²) >= 11 is 4.82. The van der Waals surface area contributed by atoms with Gasteiger partial charge in [-0.2, -0.15) is 11.8 Å². The Morgan fingerprint density at radius 3 is 3.00 bits per heavy atom. The normalized spacial score (nSPS) is 12.2. The highest BCUT2D eigenvalue weighted by Crippen LogP contribution is 2.22. The molecule has 3 nitrogen and oxygen atoms in total. The number of hydrogen-bond acceptors (Lipinski definition) is 4. The second-order valence-electron chi connectivity index (χ2n) is 3.61. The average molecular weight is 336 g/mol. The fourth-order valence-electron chi connectivity index (χ4n) is 1.27. The number of thioether (sulfide) groups is 1. The standard InChI is InChI=1S/C12H15BrFNO2S/c1-2-17-12(16)11(15)7-18-6-8-5-9(14)3-4-10(8)13/h3-5,11H,2,6-7,15H2,1H3. The number of esters is 1. The highest BCUT2D eigenvalue weighted by molar-refractivity contribution is 9.10. The van der Waals surface area contributed by atoms with Crippen molar-refractivity contribution in [1.82, 2.24) is 0 Å². The quantitative estimate of drug-likeness (QED) is 0.812. The Labute approximate surface area is 118 Å². The molecule has 0 spiro atoms. The van der Waals surface area contributed by atoms with Crippen molar-refractivity contribution in [2.75, 3.05) is 12.4 Å². The fourth-order valence-corrected chi connectivity index (χ4v) is 2.81. The molecule has 0 aliphatic carbocycles. The Balaban J connectivity index is 2.41. The van der Waals surface area contributed by atoms with Crippen molar-refractivity contribution in [3.8, 4) is 0 Å². The topological polar surface area (TPSA) is 52.3 Å². The molecule has 0 bridgehead atoms. The predicted octanol–water partition coefficient (Wildman–Crippen LogP) is 2.71. The lowest BCUT2D eigenvalue weighted by molar-refractivity contribution is -0.144. The molecule has 100 valence electrons. The van der Waals surface area contributed by atoms with E-state index in [1.807, 2.05) is 0 Å². The highest BCUT2D eigenvalue weighted by atomic mass is 79.9. The number of carbonyl (C=O) groups is 1. The van der Waals surface area contributed by atoms with Gasteiger partial charge in [0.2, 0.25) is 0 Å². The van der Waals surface area contributed by atoms with Gasteiger partial charge in [-0.15, -0.1) is 0 Å². The van der Waals surface area contributed by atoms with Crippen LogP contribution >= 0.6 is 27.7 Å². The Kier molecular flexibility index (Phi) is 6.67. The summed E-state index contributed by atoms with van der Waals surface area (Å²) in [6.07, 6.45) is 0. The third kappa shape index (κ3) is 4.96. The Morgan fingerprint density at radius 2 is 2.33 bits per heavy atom. The summed E-state index contributed by atoms with van der Waals surface area (Å²) < 4.78 is 18.7. The maximum absolute atomic E-state index is 13.0. The van der Waals surface area contributed by atoms with Gasteiger partial charge in [0.25, 0.3) is 0 Å². The Morgan fingerprint density at radius 1 is 1.61 bits per heavy atom. The Bertz CT molecular complexity index is 417. The molecule has 0 saturated heterocycles. The van der Waals surface area contributed by atoms with Crippen LogP contribution in [0.5, 0.6) is 0 Å². The molecule has 1 atom stereocenters. The van der Waals surface area contributed by atoms with E-state index >= 15 is 0 Å². The van der Waals surface area contributed by atoms with Gasteiger partial charge in [-0.05, 0) is 30.7 Å². The zero-order valence-corrected chi connectivity index (χ0v) is 12.4. The molecule has 1 rings (SSSR count). The largest absolute Gasteiger partial charge is 0.465 e. The number of hydrogen-bond donors (Lipinski definition) is 1. The minimum atomic E-state index is -0.637. The van der Waals surface area contributed by atoms with Crippen LogP contribution in [0.15, 0.2) is 22.7 Å². The SMILES string of the molecule is CCOC(=O)C(N)CSCc1cc(F)ccc1Br. The molecule has 1 aromatic rings. The van der Waals surface area contributed by atoms with Crippen LogP contribution in [0.1, 0.15) is 12.5 Å². The van der Waals surface area contributed by atoms with E-state index in [1.165, 1.54) is 23.9 Å². The second kappa shape index (κ2) is 7.76. The van der Waals surface area contributed by atoms with Crippen LogP contribution in [0, 0.1) is 5.82 Å². The van der Waals surface area contributed by atoms with Gasteiger partial charge in [0, 0.05) is 16.0 Å². The minimum Gasteiger partial charge on any atom is -0.465 e. The molecule has 2 N–H and O–H groups in total. The van der Waals surface area contributed by atoms with Gasteiger partial charge < -0.3 is 10.5 Å². The lowest BCUT2D eigenvalue weighted by atomic mass is 10.2. The molecule has 0 heterocycles. The molecule has 0 saturated carbocycles. The summed E-state index contributed by atoms with van der Waals surface area (Å²) in [5.74, 6) is 0.361. The lowest BCUT2D eigenvalue weighted by Crippen LogP contribution is -2.34. The van der Waals surface area contributed by atoms with Crippen LogP contribution in [-0.2, 0) is 15.3 Å². The number of benzene rings is 1. The van der Waals surface area contributed by atoms with Crippen LogP contribution in [0.4, 0.5) is 4.39 Å². The van der Waals surface area contributed by atoms with Crippen LogP contribution in [0.3, 0.4) is 0 Å². The third-order valence-corrected chi connectivity index (χ3v) is 4.04. The Hall–Kier alpha value is -0.590. The molecule has 1 aromatic carbocycles. The fraction of sp³-hybridized carbons (Fsp3) is 0.417. The van der Waals surface area contributed by atoms with E-state index in [0.717, 1.165) is 10.0 Å². The molecular weight excluding hydrogens is 321 g/mol. The highest BCUT2D eigenvalue weighted by Gasteiger charge is 2.14. The second-order valence-corrected chi connectivity index (χ2v) is 5.49. The summed E-state index contributed by atoms with van der Waals surface area (Å²) in [5, 5.41) is 0. The summed E-state index contributed by atoms with van der Waals surface area (Å²) in [6, 6.07) is 3.88. The molecular formula is C12H15BrFNO2S. The summed E-state index contributed by atoms with van der Waals surface area (Å²) in [7, 11) is 0. The molecule has 6 heteroatoms. The molecule has 0 aliphatic heterocycles.